The number of thioether (sulfide) groups is 2. The fraction of sp³-hybridized carbons (Fsp3) is 0.500. The molecular weight excluding hydrogens is 208 g/mol. The van der Waals surface area contributed by atoms with Crippen LogP contribution >= 0.6 is 23.5 Å². The minimum Gasteiger partial charge on any atom is -0.146 e. The normalized spacial score (nSPS) is 29.0. The first kappa shape index (κ1) is 10.4. The SMILES string of the molecule is CC1CSC(C(C)c2ccccc2)S1. The van der Waals surface area contributed by atoms with Gasteiger partial charge in [0.05, 0.1) is 4.58 Å². The summed E-state index contributed by atoms with van der Waals surface area (Å²) in [7, 11) is 0. The van der Waals surface area contributed by atoms with Crippen LogP contribution in [0.5, 0.6) is 0 Å². The van der Waals surface area contributed by atoms with Crippen LogP contribution in [0.1, 0.15) is 25.3 Å². The van der Waals surface area contributed by atoms with Crippen LogP contribution in [0, 0.1) is 0 Å². The number of hydrogen-bond donors (Lipinski definition) is 0. The van der Waals surface area contributed by atoms with E-state index < -0.39 is 0 Å². The Morgan fingerprint density at radius 1 is 1.29 bits per heavy atom. The van der Waals surface area contributed by atoms with Gasteiger partial charge in [0.25, 0.3) is 0 Å². The molecule has 0 amide bonds. The molecule has 3 atom stereocenters. The summed E-state index contributed by atoms with van der Waals surface area (Å²) in [5.74, 6) is 1.99. The highest BCUT2D eigenvalue weighted by molar-refractivity contribution is 8.20. The summed E-state index contributed by atoms with van der Waals surface area (Å²) in [6.45, 7) is 4.67. The first-order valence-corrected chi connectivity index (χ1v) is 7.08. The van der Waals surface area contributed by atoms with Crippen molar-refractivity contribution in [1.29, 1.82) is 0 Å². The molecule has 1 fully saturated rings. The third-order valence-corrected chi connectivity index (χ3v) is 6.28. The van der Waals surface area contributed by atoms with Gasteiger partial charge in [-0.05, 0) is 5.56 Å². The topological polar surface area (TPSA) is 0 Å². The van der Waals surface area contributed by atoms with E-state index in [-0.39, 0.29) is 0 Å². The molecule has 14 heavy (non-hydrogen) atoms. The lowest BCUT2D eigenvalue weighted by Gasteiger charge is -2.18. The molecule has 1 heterocycles. The maximum absolute atomic E-state index is 2.35. The van der Waals surface area contributed by atoms with Gasteiger partial charge in [-0.15, -0.1) is 23.5 Å². The second kappa shape index (κ2) is 4.63. The average Bonchev–Trinajstić information content (AvgIpc) is 2.65. The van der Waals surface area contributed by atoms with Crippen molar-refractivity contribution in [2.75, 3.05) is 5.75 Å². The number of rotatable bonds is 2. The van der Waals surface area contributed by atoms with Crippen molar-refractivity contribution in [2.24, 2.45) is 0 Å². The number of hydrogen-bond acceptors (Lipinski definition) is 2. The summed E-state index contributed by atoms with van der Waals surface area (Å²) < 4.78 is 0.757. The van der Waals surface area contributed by atoms with Crippen molar-refractivity contribution in [1.82, 2.24) is 0 Å². The van der Waals surface area contributed by atoms with E-state index in [9.17, 15) is 0 Å². The standard InChI is InChI=1S/C12H16S2/c1-9-8-13-12(14-9)10(2)11-6-4-3-5-7-11/h3-7,9-10,12H,8H2,1-2H3. The first-order valence-electron chi connectivity index (χ1n) is 5.09. The van der Waals surface area contributed by atoms with Crippen molar-refractivity contribution < 1.29 is 0 Å². The molecule has 1 aromatic carbocycles. The largest absolute Gasteiger partial charge is 0.146 e. The third-order valence-electron chi connectivity index (χ3n) is 2.60. The summed E-state index contributed by atoms with van der Waals surface area (Å²) in [6, 6.07) is 10.9. The lowest BCUT2D eigenvalue weighted by molar-refractivity contribution is 0.850. The van der Waals surface area contributed by atoms with Gasteiger partial charge >= 0.3 is 0 Å². The predicted octanol–water partition coefficient (Wildman–Crippen LogP) is 3.98. The summed E-state index contributed by atoms with van der Waals surface area (Å²) in [6.07, 6.45) is 0. The van der Waals surface area contributed by atoms with Crippen molar-refractivity contribution in [2.45, 2.75) is 29.6 Å². The van der Waals surface area contributed by atoms with Crippen molar-refractivity contribution in [3.8, 4) is 0 Å². The Balaban J connectivity index is 2.05. The van der Waals surface area contributed by atoms with E-state index in [0.717, 1.165) is 9.83 Å². The lowest BCUT2D eigenvalue weighted by Crippen LogP contribution is -2.05. The Kier molecular flexibility index (Phi) is 3.45. The van der Waals surface area contributed by atoms with Crippen LogP contribution in [-0.4, -0.2) is 15.6 Å². The number of benzene rings is 1. The molecule has 0 nitrogen and oxygen atoms in total. The Morgan fingerprint density at radius 3 is 2.57 bits per heavy atom. The molecule has 0 aliphatic carbocycles. The molecule has 0 N–H and O–H groups in total. The molecule has 76 valence electrons. The van der Waals surface area contributed by atoms with E-state index in [4.69, 9.17) is 0 Å². The third kappa shape index (κ3) is 2.29. The fourth-order valence-corrected chi connectivity index (χ4v) is 5.14. The van der Waals surface area contributed by atoms with Crippen LogP contribution in [0.3, 0.4) is 0 Å². The Bertz CT molecular complexity index is 284. The van der Waals surface area contributed by atoms with Gasteiger partial charge in [-0.2, -0.15) is 0 Å². The molecule has 2 rings (SSSR count). The summed E-state index contributed by atoms with van der Waals surface area (Å²) >= 11 is 4.25. The minimum absolute atomic E-state index is 0.677. The van der Waals surface area contributed by atoms with E-state index in [1.165, 1.54) is 11.3 Å². The highest BCUT2D eigenvalue weighted by Gasteiger charge is 2.27. The molecule has 1 saturated heterocycles. The van der Waals surface area contributed by atoms with Gasteiger partial charge in [0.15, 0.2) is 0 Å². The van der Waals surface area contributed by atoms with E-state index in [0.29, 0.717) is 5.92 Å². The molecule has 0 bridgehead atoms. The zero-order chi connectivity index (χ0) is 9.97. The first-order chi connectivity index (χ1) is 6.77. The van der Waals surface area contributed by atoms with E-state index in [1.807, 2.05) is 0 Å². The Morgan fingerprint density at radius 2 is 2.00 bits per heavy atom. The summed E-state index contributed by atoms with van der Waals surface area (Å²) in [5, 5.41) is 0.830. The monoisotopic (exact) mass is 224 g/mol. The molecule has 0 radical (unpaired) electrons. The van der Waals surface area contributed by atoms with Crippen LogP contribution in [0.2, 0.25) is 0 Å². The molecule has 0 spiro atoms. The van der Waals surface area contributed by atoms with Crippen LogP contribution in [0.25, 0.3) is 0 Å². The molecule has 1 aromatic rings. The highest BCUT2D eigenvalue weighted by Crippen LogP contribution is 2.45. The lowest BCUT2D eigenvalue weighted by atomic mass is 10.0. The van der Waals surface area contributed by atoms with Crippen LogP contribution in [0.15, 0.2) is 30.3 Å². The maximum atomic E-state index is 2.35. The van der Waals surface area contributed by atoms with Crippen LogP contribution in [-0.2, 0) is 0 Å². The smallest absolute Gasteiger partial charge is 0.0571 e. The molecule has 0 saturated carbocycles. The fourth-order valence-electron chi connectivity index (χ4n) is 1.71. The van der Waals surface area contributed by atoms with Gasteiger partial charge < -0.3 is 0 Å². The Hall–Kier alpha value is -0.0800. The second-order valence-corrected chi connectivity index (χ2v) is 6.91. The Labute approximate surface area is 94.9 Å². The second-order valence-electron chi connectivity index (χ2n) is 3.85. The molecule has 3 unspecified atom stereocenters. The minimum atomic E-state index is 0.677. The van der Waals surface area contributed by atoms with Crippen molar-refractivity contribution in [3.05, 3.63) is 35.9 Å². The van der Waals surface area contributed by atoms with Gasteiger partial charge in [-0.3, -0.25) is 0 Å². The van der Waals surface area contributed by atoms with Crippen molar-refractivity contribution >= 4 is 23.5 Å². The van der Waals surface area contributed by atoms with Gasteiger partial charge in [0, 0.05) is 16.9 Å². The van der Waals surface area contributed by atoms with Crippen molar-refractivity contribution in [3.63, 3.8) is 0 Å². The van der Waals surface area contributed by atoms with Gasteiger partial charge in [0.1, 0.15) is 0 Å². The molecule has 1 aliphatic heterocycles. The highest BCUT2D eigenvalue weighted by atomic mass is 32.2. The molecular formula is C12H16S2. The maximum Gasteiger partial charge on any atom is 0.0571 e. The van der Waals surface area contributed by atoms with Gasteiger partial charge in [0.2, 0.25) is 0 Å². The predicted molar refractivity (Wildman–Crippen MR) is 68.2 cm³/mol. The van der Waals surface area contributed by atoms with E-state index in [1.54, 1.807) is 0 Å². The van der Waals surface area contributed by atoms with Crippen LogP contribution in [0.4, 0.5) is 0 Å². The zero-order valence-electron chi connectivity index (χ0n) is 8.64. The van der Waals surface area contributed by atoms with E-state index in [2.05, 4.69) is 67.7 Å². The van der Waals surface area contributed by atoms with Gasteiger partial charge in [-0.1, -0.05) is 44.2 Å². The van der Waals surface area contributed by atoms with Crippen LogP contribution < -0.4 is 0 Å². The molecule has 0 aromatic heterocycles. The molecule has 2 heteroatoms. The average molecular weight is 224 g/mol. The zero-order valence-corrected chi connectivity index (χ0v) is 10.3. The quantitative estimate of drug-likeness (QED) is 0.745. The van der Waals surface area contributed by atoms with Gasteiger partial charge in [-0.25, -0.2) is 0 Å². The summed E-state index contributed by atoms with van der Waals surface area (Å²) in [5.41, 5.74) is 1.48. The molecule has 1 aliphatic rings. The van der Waals surface area contributed by atoms with E-state index >= 15 is 0 Å². The summed E-state index contributed by atoms with van der Waals surface area (Å²) in [4.78, 5) is 0.